The molecule has 2 heterocycles. The second-order valence-corrected chi connectivity index (χ2v) is 10.8. The molecule has 0 aromatic heterocycles. The summed E-state index contributed by atoms with van der Waals surface area (Å²) in [6.45, 7) is 3.36. The largest absolute Gasteiger partial charge is 0.494 e. The van der Waals surface area contributed by atoms with Gasteiger partial charge in [-0.25, -0.2) is 4.99 Å². The molecule has 2 aliphatic heterocycles. The second-order valence-electron chi connectivity index (χ2n) is 9.63. The Hall–Kier alpha value is -3.98. The van der Waals surface area contributed by atoms with Gasteiger partial charge in [-0.15, -0.1) is 0 Å². The van der Waals surface area contributed by atoms with Crippen LogP contribution in [-0.4, -0.2) is 40.5 Å². The maximum absolute atomic E-state index is 13.4. The lowest BCUT2D eigenvalue weighted by molar-refractivity contribution is -0.129. The van der Waals surface area contributed by atoms with Gasteiger partial charge in [-0.1, -0.05) is 62.2 Å². The number of hydrogen-bond donors (Lipinski definition) is 1. The van der Waals surface area contributed by atoms with Crippen molar-refractivity contribution in [1.29, 1.82) is 0 Å². The summed E-state index contributed by atoms with van der Waals surface area (Å²) in [5.41, 5.74) is 2.25. The highest BCUT2D eigenvalue weighted by Crippen LogP contribution is 2.35. The Morgan fingerprint density at radius 1 is 1.02 bits per heavy atom. The van der Waals surface area contributed by atoms with E-state index in [1.54, 1.807) is 4.90 Å². The van der Waals surface area contributed by atoms with Gasteiger partial charge in [0, 0.05) is 12.1 Å². The van der Waals surface area contributed by atoms with Crippen LogP contribution in [0.15, 0.2) is 77.8 Å². The number of fused-ring (bicyclic) bond motifs is 1. The zero-order valence-electron chi connectivity index (χ0n) is 22.5. The van der Waals surface area contributed by atoms with Crippen molar-refractivity contribution in [1.82, 2.24) is 4.90 Å². The van der Waals surface area contributed by atoms with Crippen molar-refractivity contribution in [3.63, 3.8) is 0 Å². The third-order valence-electron chi connectivity index (χ3n) is 6.58. The number of amidine groups is 1. The molecule has 8 nitrogen and oxygen atoms in total. The first-order valence-corrected chi connectivity index (χ1v) is 14.5. The Kier molecular flexibility index (Phi) is 9.23. The van der Waals surface area contributed by atoms with Crippen LogP contribution in [0.2, 0.25) is 0 Å². The molecule has 40 heavy (non-hydrogen) atoms. The van der Waals surface area contributed by atoms with E-state index < -0.39 is 5.25 Å². The Morgan fingerprint density at radius 3 is 2.62 bits per heavy atom. The molecular formula is C31H33N3O5S. The molecule has 1 unspecified atom stereocenters. The highest BCUT2D eigenvalue weighted by molar-refractivity contribution is 8.15. The normalized spacial score (nSPS) is 17.2. The van der Waals surface area contributed by atoms with Crippen LogP contribution >= 0.6 is 11.8 Å². The van der Waals surface area contributed by atoms with E-state index in [-0.39, 0.29) is 25.0 Å². The van der Waals surface area contributed by atoms with Crippen molar-refractivity contribution in [3.05, 3.63) is 78.4 Å². The molecule has 1 fully saturated rings. The lowest BCUT2D eigenvalue weighted by Gasteiger charge is -2.32. The molecule has 1 N–H and O–H groups in total. The Morgan fingerprint density at radius 2 is 1.82 bits per heavy atom. The van der Waals surface area contributed by atoms with Gasteiger partial charge in [-0.2, -0.15) is 0 Å². The summed E-state index contributed by atoms with van der Waals surface area (Å²) in [6, 6.07) is 22.4. The minimum Gasteiger partial charge on any atom is -0.494 e. The molecule has 2 aliphatic rings. The number of para-hydroxylation sites is 1. The molecule has 2 amide bonds. The number of aliphatic imine (C=N–C) groups is 1. The van der Waals surface area contributed by atoms with E-state index in [1.807, 2.05) is 72.8 Å². The fourth-order valence-electron chi connectivity index (χ4n) is 4.41. The minimum absolute atomic E-state index is 0.0633. The average Bonchev–Trinajstić information content (AvgIpc) is 3.44. The highest BCUT2D eigenvalue weighted by atomic mass is 32.2. The number of rotatable bonds is 11. The van der Waals surface area contributed by atoms with Crippen LogP contribution in [0.1, 0.15) is 44.6 Å². The molecule has 9 heteroatoms. The number of nitrogens with zero attached hydrogens (tertiary/aromatic N) is 2. The molecule has 0 saturated carbocycles. The van der Waals surface area contributed by atoms with Crippen molar-refractivity contribution >= 4 is 40.1 Å². The van der Waals surface area contributed by atoms with E-state index in [1.165, 1.54) is 24.6 Å². The van der Waals surface area contributed by atoms with Crippen LogP contribution in [0.5, 0.6) is 17.2 Å². The average molecular weight is 560 g/mol. The van der Waals surface area contributed by atoms with Gasteiger partial charge in [0.2, 0.25) is 18.6 Å². The smallest absolute Gasteiger partial charge is 0.238 e. The van der Waals surface area contributed by atoms with Crippen LogP contribution in [0, 0.1) is 0 Å². The number of nitrogens with one attached hydrogen (secondary N) is 1. The molecule has 1 atom stereocenters. The number of thioether (sulfide) groups is 1. The fraction of sp³-hybridized carbons (Fsp3) is 0.323. The molecule has 0 spiro atoms. The molecule has 0 radical (unpaired) electrons. The molecule has 5 rings (SSSR count). The second kappa shape index (κ2) is 13.4. The fourth-order valence-corrected chi connectivity index (χ4v) is 5.51. The summed E-state index contributed by atoms with van der Waals surface area (Å²) < 4.78 is 16.7. The van der Waals surface area contributed by atoms with E-state index in [9.17, 15) is 9.59 Å². The van der Waals surface area contributed by atoms with Crippen molar-refractivity contribution in [3.8, 4) is 17.2 Å². The molecule has 1 saturated heterocycles. The summed E-state index contributed by atoms with van der Waals surface area (Å²) in [7, 11) is 0. The molecule has 0 bridgehead atoms. The first kappa shape index (κ1) is 27.6. The first-order valence-electron chi connectivity index (χ1n) is 13.6. The highest BCUT2D eigenvalue weighted by Gasteiger charge is 2.36. The van der Waals surface area contributed by atoms with Crippen molar-refractivity contribution in [2.45, 2.75) is 50.8 Å². The number of carbonyl (C=O) groups excluding carboxylic acids is 2. The van der Waals surface area contributed by atoms with Crippen LogP contribution in [-0.2, 0) is 16.1 Å². The molecule has 3 aromatic rings. The van der Waals surface area contributed by atoms with E-state index in [2.05, 4.69) is 12.2 Å². The third kappa shape index (κ3) is 7.15. The number of amides is 2. The summed E-state index contributed by atoms with van der Waals surface area (Å²) >= 11 is 1.29. The van der Waals surface area contributed by atoms with Gasteiger partial charge in [0.25, 0.3) is 0 Å². The van der Waals surface area contributed by atoms with E-state index in [4.69, 9.17) is 19.2 Å². The first-order chi connectivity index (χ1) is 19.6. The van der Waals surface area contributed by atoms with E-state index in [0.29, 0.717) is 41.2 Å². The zero-order valence-corrected chi connectivity index (χ0v) is 23.3. The van der Waals surface area contributed by atoms with Crippen molar-refractivity contribution in [2.24, 2.45) is 4.99 Å². The number of hydrogen-bond acceptors (Lipinski definition) is 7. The quantitative estimate of drug-likeness (QED) is 0.269. The van der Waals surface area contributed by atoms with Gasteiger partial charge in [0.05, 0.1) is 18.8 Å². The molecule has 0 aliphatic carbocycles. The number of unbranched alkanes of at least 4 members (excludes halogenated alkanes) is 3. The topological polar surface area (TPSA) is 89.5 Å². The summed E-state index contributed by atoms with van der Waals surface area (Å²) in [6.07, 6.45) is 4.65. The van der Waals surface area contributed by atoms with Gasteiger partial charge in [0.15, 0.2) is 16.7 Å². The van der Waals surface area contributed by atoms with Crippen molar-refractivity contribution < 1.29 is 23.8 Å². The van der Waals surface area contributed by atoms with Crippen LogP contribution in [0.3, 0.4) is 0 Å². The molecule has 3 aromatic carbocycles. The standard InChI is InChI=1S/C31H33N3O5S/c1-2-3-4-8-17-37-25-14-12-24(13-15-25)32-30(36)28-19-29(35)34(31(40-28)33-23-9-6-5-7-10-23)20-22-11-16-26-27(18-22)39-21-38-26/h5-7,9-16,18,28H,2-4,8,17,19-21H2,1H3,(H,32,36). The van der Waals surface area contributed by atoms with E-state index >= 15 is 0 Å². The van der Waals surface area contributed by atoms with Gasteiger partial charge in [-0.3, -0.25) is 14.5 Å². The predicted molar refractivity (Wildman–Crippen MR) is 157 cm³/mol. The van der Waals surface area contributed by atoms with Crippen LogP contribution < -0.4 is 19.5 Å². The number of benzene rings is 3. The monoisotopic (exact) mass is 559 g/mol. The molecule has 208 valence electrons. The summed E-state index contributed by atoms with van der Waals surface area (Å²) in [5, 5.41) is 2.81. The lowest BCUT2D eigenvalue weighted by atomic mass is 10.1. The van der Waals surface area contributed by atoms with Crippen molar-refractivity contribution in [2.75, 3.05) is 18.7 Å². The molecular weight excluding hydrogens is 526 g/mol. The van der Waals surface area contributed by atoms with Gasteiger partial charge < -0.3 is 19.5 Å². The lowest BCUT2D eigenvalue weighted by Crippen LogP contribution is -2.44. The Labute approximate surface area is 238 Å². The maximum Gasteiger partial charge on any atom is 0.238 e. The maximum atomic E-state index is 13.4. The van der Waals surface area contributed by atoms with Gasteiger partial charge >= 0.3 is 0 Å². The zero-order chi connectivity index (χ0) is 27.7. The number of ether oxygens (including phenoxy) is 3. The van der Waals surface area contributed by atoms with E-state index in [0.717, 1.165) is 24.2 Å². The summed E-state index contributed by atoms with van der Waals surface area (Å²) in [5.74, 6) is 1.70. The summed E-state index contributed by atoms with van der Waals surface area (Å²) in [4.78, 5) is 33.0. The van der Waals surface area contributed by atoms with Gasteiger partial charge in [-0.05, 0) is 60.5 Å². The third-order valence-corrected chi connectivity index (χ3v) is 7.77. The van der Waals surface area contributed by atoms with Crippen LogP contribution in [0.4, 0.5) is 11.4 Å². The number of anilines is 1. The SMILES string of the molecule is CCCCCCOc1ccc(NC(=O)C2CC(=O)N(Cc3ccc4c(c3)OCO4)C(=Nc3ccccc3)S2)cc1. The van der Waals surface area contributed by atoms with Crippen LogP contribution in [0.25, 0.3) is 0 Å². The predicted octanol–water partition coefficient (Wildman–Crippen LogP) is 6.53. The Balaban J connectivity index is 1.26. The Bertz CT molecular complexity index is 1350. The van der Waals surface area contributed by atoms with Gasteiger partial charge in [0.1, 0.15) is 11.0 Å². The number of carbonyl (C=O) groups is 2. The minimum atomic E-state index is -0.613.